The van der Waals surface area contributed by atoms with Gasteiger partial charge in [0.1, 0.15) is 5.82 Å². The van der Waals surface area contributed by atoms with Gasteiger partial charge in [-0.05, 0) is 17.7 Å². The van der Waals surface area contributed by atoms with E-state index in [-0.39, 0.29) is 12.2 Å². The summed E-state index contributed by atoms with van der Waals surface area (Å²) in [6, 6.07) is 6.27. The lowest BCUT2D eigenvalue weighted by atomic mass is 10.2. The van der Waals surface area contributed by atoms with E-state index >= 15 is 0 Å². The highest BCUT2D eigenvalue weighted by Crippen LogP contribution is 2.21. The predicted octanol–water partition coefficient (Wildman–Crippen LogP) is 2.55. The molecular formula is C13H13FN2O2S. The molecule has 0 radical (unpaired) electrons. The third-order valence-electron chi connectivity index (χ3n) is 2.53. The van der Waals surface area contributed by atoms with E-state index in [4.69, 9.17) is 5.11 Å². The third kappa shape index (κ3) is 3.75. The van der Waals surface area contributed by atoms with Crippen LogP contribution < -0.4 is 4.90 Å². The Kier molecular flexibility index (Phi) is 4.11. The molecule has 0 unspecified atom stereocenters. The van der Waals surface area contributed by atoms with E-state index in [0.29, 0.717) is 12.2 Å². The Labute approximate surface area is 114 Å². The maximum Gasteiger partial charge on any atom is 0.309 e. The number of carboxylic acid groups (broad SMARTS) is 1. The Morgan fingerprint density at radius 3 is 2.74 bits per heavy atom. The van der Waals surface area contributed by atoms with Gasteiger partial charge < -0.3 is 10.0 Å². The number of aliphatic carboxylic acids is 1. The van der Waals surface area contributed by atoms with Crippen molar-refractivity contribution in [3.8, 4) is 0 Å². The number of thiazole rings is 1. The highest BCUT2D eigenvalue weighted by molar-refractivity contribution is 7.13. The van der Waals surface area contributed by atoms with E-state index in [9.17, 15) is 9.18 Å². The van der Waals surface area contributed by atoms with Crippen LogP contribution in [0.25, 0.3) is 0 Å². The van der Waals surface area contributed by atoms with Crippen molar-refractivity contribution in [1.82, 2.24) is 4.98 Å². The minimum absolute atomic E-state index is 0.0686. The zero-order chi connectivity index (χ0) is 13.8. The lowest BCUT2D eigenvalue weighted by Gasteiger charge is -2.15. The highest BCUT2D eigenvalue weighted by atomic mass is 32.1. The summed E-state index contributed by atoms with van der Waals surface area (Å²) in [5.41, 5.74) is 1.53. The number of carbonyl (C=O) groups is 1. The van der Waals surface area contributed by atoms with Crippen molar-refractivity contribution in [1.29, 1.82) is 0 Å². The molecule has 0 aliphatic carbocycles. The van der Waals surface area contributed by atoms with Gasteiger partial charge in [-0.15, -0.1) is 11.3 Å². The molecule has 1 heterocycles. The van der Waals surface area contributed by atoms with E-state index in [2.05, 4.69) is 4.98 Å². The van der Waals surface area contributed by atoms with Crippen LogP contribution in [0.1, 0.15) is 11.3 Å². The third-order valence-corrected chi connectivity index (χ3v) is 3.54. The summed E-state index contributed by atoms with van der Waals surface area (Å²) in [7, 11) is 1.87. The summed E-state index contributed by atoms with van der Waals surface area (Å²) < 4.78 is 12.8. The van der Waals surface area contributed by atoms with Crippen molar-refractivity contribution in [3.63, 3.8) is 0 Å². The SMILES string of the molecule is CN(Cc1ccc(F)cc1)c1nc(CC(=O)O)cs1. The molecule has 0 saturated heterocycles. The lowest BCUT2D eigenvalue weighted by molar-refractivity contribution is -0.136. The molecule has 0 saturated carbocycles. The Bertz CT molecular complexity index is 568. The smallest absolute Gasteiger partial charge is 0.309 e. The number of hydrogen-bond donors (Lipinski definition) is 1. The molecule has 1 N–H and O–H groups in total. The molecule has 0 amide bonds. The van der Waals surface area contributed by atoms with Gasteiger partial charge in [0.05, 0.1) is 12.1 Å². The average molecular weight is 280 g/mol. The molecule has 1 aromatic carbocycles. The molecule has 0 fully saturated rings. The molecule has 2 rings (SSSR count). The topological polar surface area (TPSA) is 53.4 Å². The largest absolute Gasteiger partial charge is 0.481 e. The van der Waals surface area contributed by atoms with Gasteiger partial charge in [0.15, 0.2) is 5.13 Å². The van der Waals surface area contributed by atoms with Crippen molar-refractivity contribution in [3.05, 3.63) is 46.7 Å². The van der Waals surface area contributed by atoms with E-state index in [1.54, 1.807) is 17.5 Å². The standard InChI is InChI=1S/C13H13FN2O2S/c1-16(7-9-2-4-10(14)5-3-9)13-15-11(8-19-13)6-12(17)18/h2-5,8H,6-7H2,1H3,(H,17,18). The molecule has 0 aliphatic heterocycles. The molecule has 6 heteroatoms. The fourth-order valence-electron chi connectivity index (χ4n) is 1.64. The number of carboxylic acids is 1. The number of anilines is 1. The minimum Gasteiger partial charge on any atom is -0.481 e. The number of hydrogen-bond acceptors (Lipinski definition) is 4. The van der Waals surface area contributed by atoms with Crippen LogP contribution in [0.2, 0.25) is 0 Å². The molecule has 4 nitrogen and oxygen atoms in total. The fraction of sp³-hybridized carbons (Fsp3) is 0.231. The van der Waals surface area contributed by atoms with E-state index in [1.807, 2.05) is 11.9 Å². The zero-order valence-electron chi connectivity index (χ0n) is 10.3. The van der Waals surface area contributed by atoms with Crippen LogP contribution >= 0.6 is 11.3 Å². The van der Waals surface area contributed by atoms with E-state index in [1.165, 1.54) is 23.5 Å². The van der Waals surface area contributed by atoms with Gasteiger partial charge in [-0.25, -0.2) is 9.37 Å². The first-order valence-electron chi connectivity index (χ1n) is 5.66. The van der Waals surface area contributed by atoms with Crippen LogP contribution in [-0.4, -0.2) is 23.1 Å². The Hall–Kier alpha value is -1.95. The maximum absolute atomic E-state index is 12.8. The van der Waals surface area contributed by atoms with Crippen LogP contribution in [0, 0.1) is 5.82 Å². The first-order valence-corrected chi connectivity index (χ1v) is 6.54. The maximum atomic E-state index is 12.8. The Morgan fingerprint density at radius 2 is 2.11 bits per heavy atom. The van der Waals surface area contributed by atoms with Crippen molar-refractivity contribution in [2.24, 2.45) is 0 Å². The summed E-state index contributed by atoms with van der Waals surface area (Å²) in [4.78, 5) is 16.7. The predicted molar refractivity (Wildman–Crippen MR) is 72.0 cm³/mol. The van der Waals surface area contributed by atoms with E-state index in [0.717, 1.165) is 10.7 Å². The molecule has 1 aromatic heterocycles. The molecule has 0 bridgehead atoms. The summed E-state index contributed by atoms with van der Waals surface area (Å²) >= 11 is 1.40. The minimum atomic E-state index is -0.891. The summed E-state index contributed by atoms with van der Waals surface area (Å²) in [5, 5.41) is 11.2. The van der Waals surface area contributed by atoms with Crippen molar-refractivity contribution < 1.29 is 14.3 Å². The fourth-order valence-corrected chi connectivity index (χ4v) is 2.43. The summed E-state index contributed by atoms with van der Waals surface area (Å²) in [6.45, 7) is 0.598. The van der Waals surface area contributed by atoms with Gasteiger partial charge in [-0.1, -0.05) is 12.1 Å². The first kappa shape index (κ1) is 13.5. The van der Waals surface area contributed by atoms with Crippen molar-refractivity contribution >= 4 is 22.4 Å². The summed E-state index contributed by atoms with van der Waals surface area (Å²) in [6.07, 6.45) is -0.0686. The second kappa shape index (κ2) is 5.79. The van der Waals surface area contributed by atoms with E-state index < -0.39 is 5.97 Å². The second-order valence-electron chi connectivity index (χ2n) is 4.17. The molecule has 0 aliphatic rings. The van der Waals surface area contributed by atoms with Crippen LogP contribution in [0.3, 0.4) is 0 Å². The lowest BCUT2D eigenvalue weighted by Crippen LogP contribution is -2.16. The number of halogens is 1. The molecule has 100 valence electrons. The van der Waals surface area contributed by atoms with Gasteiger partial charge in [0.25, 0.3) is 0 Å². The molecule has 19 heavy (non-hydrogen) atoms. The van der Waals surface area contributed by atoms with Crippen LogP contribution in [0.15, 0.2) is 29.6 Å². The van der Waals surface area contributed by atoms with Gasteiger partial charge in [0.2, 0.25) is 0 Å². The molecule has 2 aromatic rings. The highest BCUT2D eigenvalue weighted by Gasteiger charge is 2.10. The quantitative estimate of drug-likeness (QED) is 0.914. The van der Waals surface area contributed by atoms with Gasteiger partial charge in [0, 0.05) is 19.0 Å². The number of nitrogens with zero attached hydrogens (tertiary/aromatic N) is 2. The number of rotatable bonds is 5. The molecular weight excluding hydrogens is 267 g/mol. The monoisotopic (exact) mass is 280 g/mol. The zero-order valence-corrected chi connectivity index (χ0v) is 11.2. The Morgan fingerprint density at radius 1 is 1.42 bits per heavy atom. The van der Waals surface area contributed by atoms with Gasteiger partial charge in [-0.2, -0.15) is 0 Å². The number of aromatic nitrogens is 1. The number of benzene rings is 1. The van der Waals surface area contributed by atoms with Crippen molar-refractivity contribution in [2.75, 3.05) is 11.9 Å². The summed E-state index contributed by atoms with van der Waals surface area (Å²) in [5.74, 6) is -1.15. The average Bonchev–Trinajstić information content (AvgIpc) is 2.80. The van der Waals surface area contributed by atoms with Gasteiger partial charge >= 0.3 is 5.97 Å². The Balaban J connectivity index is 2.03. The second-order valence-corrected chi connectivity index (χ2v) is 5.01. The molecule has 0 spiro atoms. The first-order chi connectivity index (χ1) is 9.04. The van der Waals surface area contributed by atoms with Crippen molar-refractivity contribution in [2.45, 2.75) is 13.0 Å². The molecule has 0 atom stereocenters. The van der Waals surface area contributed by atoms with Crippen LogP contribution in [0.4, 0.5) is 9.52 Å². The van der Waals surface area contributed by atoms with Gasteiger partial charge in [-0.3, -0.25) is 4.79 Å². The van der Waals surface area contributed by atoms with Crippen LogP contribution in [0.5, 0.6) is 0 Å². The van der Waals surface area contributed by atoms with Crippen LogP contribution in [-0.2, 0) is 17.8 Å². The normalized spacial score (nSPS) is 10.4.